The van der Waals surface area contributed by atoms with Crippen LogP contribution < -0.4 is 15.8 Å². The molecule has 0 saturated heterocycles. The first-order valence-electron chi connectivity index (χ1n) is 8.81. The van der Waals surface area contributed by atoms with Crippen molar-refractivity contribution in [2.24, 2.45) is 10.7 Å². The monoisotopic (exact) mass is 403 g/mol. The molecule has 152 valence electrons. The molecule has 0 spiro atoms. The minimum Gasteiger partial charge on any atom is -0.406 e. The number of nitrogens with two attached hydrogens (primary N) is 1. The van der Waals surface area contributed by atoms with Crippen LogP contribution in [0.25, 0.3) is 0 Å². The lowest BCUT2D eigenvalue weighted by atomic mass is 10.2. The normalized spacial score (nSPS) is 12.0. The van der Waals surface area contributed by atoms with Crippen LogP contribution in [0.3, 0.4) is 0 Å². The molecule has 0 unspecified atom stereocenters. The number of aliphatic imine (C=N–C) groups is 1. The van der Waals surface area contributed by atoms with Gasteiger partial charge in [0.05, 0.1) is 19.3 Å². The zero-order valence-electron chi connectivity index (χ0n) is 15.4. The van der Waals surface area contributed by atoms with E-state index in [0.717, 1.165) is 16.7 Å². The van der Waals surface area contributed by atoms with Crippen molar-refractivity contribution in [3.8, 4) is 5.75 Å². The van der Waals surface area contributed by atoms with E-state index in [1.807, 2.05) is 41.2 Å². The molecule has 0 aliphatic carbocycles. The minimum absolute atomic E-state index is 0.233. The van der Waals surface area contributed by atoms with E-state index in [0.29, 0.717) is 19.6 Å². The van der Waals surface area contributed by atoms with Crippen molar-refractivity contribution in [3.05, 3.63) is 83.7 Å². The highest BCUT2D eigenvalue weighted by molar-refractivity contribution is 5.77. The number of rotatable bonds is 7. The molecule has 6 nitrogen and oxygen atoms in total. The molecule has 0 amide bonds. The lowest BCUT2D eigenvalue weighted by molar-refractivity contribution is -0.274. The summed E-state index contributed by atoms with van der Waals surface area (Å²) in [5, 5.41) is 7.23. The number of halogens is 3. The number of aromatic nitrogens is 2. The fraction of sp³-hybridized carbons (Fsp3) is 0.200. The van der Waals surface area contributed by atoms with Gasteiger partial charge in [-0.25, -0.2) is 4.99 Å². The number of benzene rings is 2. The average Bonchev–Trinajstić information content (AvgIpc) is 3.13. The van der Waals surface area contributed by atoms with Gasteiger partial charge in [0.15, 0.2) is 5.96 Å². The fourth-order valence-corrected chi connectivity index (χ4v) is 2.58. The van der Waals surface area contributed by atoms with Gasteiger partial charge in [-0.15, -0.1) is 13.2 Å². The van der Waals surface area contributed by atoms with E-state index in [1.54, 1.807) is 6.20 Å². The molecule has 0 saturated carbocycles. The quantitative estimate of drug-likeness (QED) is 0.468. The summed E-state index contributed by atoms with van der Waals surface area (Å²) in [7, 11) is 0. The van der Waals surface area contributed by atoms with Crippen molar-refractivity contribution >= 4 is 5.96 Å². The SMILES string of the molecule is NC(=NCc1cnn(Cc2ccccc2)c1)NCc1ccc(OC(F)(F)F)cc1. The summed E-state index contributed by atoms with van der Waals surface area (Å²) >= 11 is 0. The molecule has 0 aliphatic rings. The molecular formula is C20H20F3N5O. The van der Waals surface area contributed by atoms with Gasteiger partial charge in [-0.3, -0.25) is 4.68 Å². The first-order valence-corrected chi connectivity index (χ1v) is 8.81. The standard InChI is InChI=1S/C20H20F3N5O/c21-20(22,23)29-18-8-6-15(7-9-18)10-25-19(24)26-11-17-12-27-28(14-17)13-16-4-2-1-3-5-16/h1-9,12,14H,10-11,13H2,(H3,24,25,26). The van der Waals surface area contributed by atoms with Crippen LogP contribution in [0.2, 0.25) is 0 Å². The summed E-state index contributed by atoms with van der Waals surface area (Å²) in [6.07, 6.45) is -1.06. The fourth-order valence-electron chi connectivity index (χ4n) is 2.58. The van der Waals surface area contributed by atoms with Gasteiger partial charge in [0.2, 0.25) is 0 Å². The molecule has 1 heterocycles. The third-order valence-corrected chi connectivity index (χ3v) is 3.94. The van der Waals surface area contributed by atoms with Crippen molar-refractivity contribution in [1.29, 1.82) is 0 Å². The summed E-state index contributed by atoms with van der Waals surface area (Å²) < 4.78 is 42.1. The maximum absolute atomic E-state index is 12.2. The Hall–Kier alpha value is -3.49. The highest BCUT2D eigenvalue weighted by Gasteiger charge is 2.30. The minimum atomic E-state index is -4.70. The predicted octanol–water partition coefficient (Wildman–Crippen LogP) is 3.43. The van der Waals surface area contributed by atoms with E-state index in [2.05, 4.69) is 20.1 Å². The molecule has 29 heavy (non-hydrogen) atoms. The van der Waals surface area contributed by atoms with Crippen LogP contribution in [-0.4, -0.2) is 22.1 Å². The maximum atomic E-state index is 12.2. The van der Waals surface area contributed by atoms with E-state index in [-0.39, 0.29) is 11.7 Å². The van der Waals surface area contributed by atoms with Gasteiger partial charge in [-0.1, -0.05) is 42.5 Å². The predicted molar refractivity (Wildman–Crippen MR) is 103 cm³/mol. The number of hydrogen-bond acceptors (Lipinski definition) is 3. The number of guanidine groups is 1. The molecule has 0 aliphatic heterocycles. The summed E-state index contributed by atoms with van der Waals surface area (Å²) in [5.74, 6) is -0.0353. The lowest BCUT2D eigenvalue weighted by Crippen LogP contribution is -2.31. The van der Waals surface area contributed by atoms with Crippen LogP contribution in [-0.2, 0) is 19.6 Å². The van der Waals surface area contributed by atoms with Gasteiger partial charge in [0, 0.05) is 18.3 Å². The Kier molecular flexibility index (Phi) is 6.38. The van der Waals surface area contributed by atoms with Crippen molar-refractivity contribution < 1.29 is 17.9 Å². The summed E-state index contributed by atoms with van der Waals surface area (Å²) in [6, 6.07) is 15.5. The summed E-state index contributed by atoms with van der Waals surface area (Å²) in [6.45, 7) is 1.37. The second-order valence-electron chi connectivity index (χ2n) is 6.28. The smallest absolute Gasteiger partial charge is 0.406 e. The Morgan fingerprint density at radius 2 is 1.76 bits per heavy atom. The van der Waals surface area contributed by atoms with Crippen molar-refractivity contribution in [1.82, 2.24) is 15.1 Å². The molecule has 0 bridgehead atoms. The zero-order chi connectivity index (χ0) is 20.7. The van der Waals surface area contributed by atoms with Crippen molar-refractivity contribution in [2.75, 3.05) is 0 Å². The van der Waals surface area contributed by atoms with E-state index in [4.69, 9.17) is 5.73 Å². The van der Waals surface area contributed by atoms with Gasteiger partial charge >= 0.3 is 6.36 Å². The van der Waals surface area contributed by atoms with Crippen molar-refractivity contribution in [3.63, 3.8) is 0 Å². The van der Waals surface area contributed by atoms with E-state index >= 15 is 0 Å². The Labute approximate surface area is 165 Å². The Balaban J connectivity index is 1.47. The molecule has 0 fully saturated rings. The maximum Gasteiger partial charge on any atom is 0.573 e. The summed E-state index contributed by atoms with van der Waals surface area (Å²) in [5.41, 5.74) is 8.66. The third kappa shape index (κ3) is 6.87. The number of nitrogens with one attached hydrogen (secondary N) is 1. The molecule has 0 atom stereocenters. The number of nitrogens with zero attached hydrogens (tertiary/aromatic N) is 3. The molecular weight excluding hydrogens is 383 g/mol. The van der Waals surface area contributed by atoms with Crippen molar-refractivity contribution in [2.45, 2.75) is 26.0 Å². The lowest BCUT2D eigenvalue weighted by Gasteiger charge is -2.10. The molecule has 9 heteroatoms. The van der Waals surface area contributed by atoms with Gasteiger partial charge in [0.1, 0.15) is 5.75 Å². The highest BCUT2D eigenvalue weighted by Crippen LogP contribution is 2.22. The Morgan fingerprint density at radius 1 is 1.03 bits per heavy atom. The molecule has 2 aromatic carbocycles. The first kappa shape index (κ1) is 20.2. The second kappa shape index (κ2) is 9.13. The topological polar surface area (TPSA) is 77.5 Å². The van der Waals surface area contributed by atoms with E-state index in [9.17, 15) is 13.2 Å². The zero-order valence-corrected chi connectivity index (χ0v) is 15.4. The first-order chi connectivity index (χ1) is 13.9. The number of ether oxygens (including phenoxy) is 1. The second-order valence-corrected chi connectivity index (χ2v) is 6.28. The van der Waals surface area contributed by atoms with Gasteiger partial charge in [-0.05, 0) is 23.3 Å². The highest BCUT2D eigenvalue weighted by atomic mass is 19.4. The number of hydrogen-bond donors (Lipinski definition) is 2. The van der Waals surface area contributed by atoms with Crippen LogP contribution in [0, 0.1) is 0 Å². The molecule has 3 aromatic rings. The van der Waals surface area contributed by atoms with E-state index < -0.39 is 6.36 Å². The van der Waals surface area contributed by atoms with Crippen LogP contribution in [0.5, 0.6) is 5.75 Å². The number of alkyl halides is 3. The Morgan fingerprint density at radius 3 is 2.45 bits per heavy atom. The largest absolute Gasteiger partial charge is 0.573 e. The molecule has 0 radical (unpaired) electrons. The summed E-state index contributed by atoms with van der Waals surface area (Å²) in [4.78, 5) is 4.25. The Bertz CT molecular complexity index is 937. The van der Waals surface area contributed by atoms with Crippen LogP contribution in [0.4, 0.5) is 13.2 Å². The van der Waals surface area contributed by atoms with Gasteiger partial charge in [-0.2, -0.15) is 5.10 Å². The molecule has 1 aromatic heterocycles. The van der Waals surface area contributed by atoms with Crippen LogP contribution in [0.1, 0.15) is 16.7 Å². The molecule has 3 N–H and O–H groups in total. The third-order valence-electron chi connectivity index (χ3n) is 3.94. The van der Waals surface area contributed by atoms with Crippen LogP contribution in [0.15, 0.2) is 72.0 Å². The van der Waals surface area contributed by atoms with E-state index in [1.165, 1.54) is 24.3 Å². The molecule has 3 rings (SSSR count). The van der Waals surface area contributed by atoms with Crippen LogP contribution >= 0.6 is 0 Å². The van der Waals surface area contributed by atoms with Gasteiger partial charge in [0.25, 0.3) is 0 Å². The van der Waals surface area contributed by atoms with Gasteiger partial charge < -0.3 is 15.8 Å². The average molecular weight is 403 g/mol.